The molecule has 2 fully saturated rings. The average Bonchev–Trinajstić information content (AvgIpc) is 3.08. The van der Waals surface area contributed by atoms with Crippen LogP contribution in [0.1, 0.15) is 46.5 Å². The highest BCUT2D eigenvalue weighted by molar-refractivity contribution is 5.25. The molecular formula is C15H24O3. The minimum atomic E-state index is -0.428. The third-order valence-corrected chi connectivity index (χ3v) is 6.24. The van der Waals surface area contributed by atoms with Crippen molar-refractivity contribution in [3.05, 3.63) is 11.6 Å². The van der Waals surface area contributed by atoms with Gasteiger partial charge in [0.2, 0.25) is 0 Å². The third kappa shape index (κ3) is 1.30. The Kier molecular flexibility index (Phi) is 2.52. The molecule has 0 unspecified atom stereocenters. The van der Waals surface area contributed by atoms with Crippen molar-refractivity contribution in [3.8, 4) is 0 Å². The van der Waals surface area contributed by atoms with E-state index in [1.54, 1.807) is 0 Å². The van der Waals surface area contributed by atoms with Gasteiger partial charge in [0.1, 0.15) is 5.60 Å². The summed E-state index contributed by atoms with van der Waals surface area (Å²) in [6.45, 7) is 7.10. The molecule has 0 aromatic heterocycles. The normalized spacial score (nSPS) is 55.7. The summed E-state index contributed by atoms with van der Waals surface area (Å²) >= 11 is 0. The van der Waals surface area contributed by atoms with E-state index in [0.717, 1.165) is 25.7 Å². The topological polar surface area (TPSA) is 53.0 Å². The first kappa shape index (κ1) is 12.6. The van der Waals surface area contributed by atoms with Crippen LogP contribution >= 0.6 is 0 Å². The lowest BCUT2D eigenvalue weighted by atomic mass is 9.54. The number of hydrogen-bond acceptors (Lipinski definition) is 3. The molecule has 1 heterocycles. The van der Waals surface area contributed by atoms with Gasteiger partial charge in [-0.05, 0) is 32.6 Å². The van der Waals surface area contributed by atoms with Crippen LogP contribution in [0.15, 0.2) is 11.6 Å². The van der Waals surface area contributed by atoms with Gasteiger partial charge in [0.25, 0.3) is 0 Å². The predicted octanol–water partition coefficient (Wildman–Crippen LogP) is 2.02. The van der Waals surface area contributed by atoms with Crippen LogP contribution in [0.4, 0.5) is 0 Å². The second-order valence-corrected chi connectivity index (χ2v) is 6.94. The second kappa shape index (κ2) is 3.59. The van der Waals surface area contributed by atoms with Crippen LogP contribution in [0.25, 0.3) is 0 Å². The van der Waals surface area contributed by atoms with E-state index >= 15 is 0 Å². The van der Waals surface area contributed by atoms with Crippen LogP contribution in [0, 0.1) is 10.8 Å². The molecule has 1 aliphatic heterocycles. The van der Waals surface area contributed by atoms with E-state index in [0.29, 0.717) is 6.61 Å². The third-order valence-electron chi connectivity index (χ3n) is 6.24. The van der Waals surface area contributed by atoms with Crippen molar-refractivity contribution < 1.29 is 14.9 Å². The van der Waals surface area contributed by atoms with E-state index in [2.05, 4.69) is 20.8 Å². The summed E-state index contributed by atoms with van der Waals surface area (Å²) in [6.07, 6.45) is 4.95. The van der Waals surface area contributed by atoms with Crippen LogP contribution in [0.2, 0.25) is 0 Å². The molecule has 102 valence electrons. The SMILES string of the molecule is CC1=C[C@H](O)[C@@](C)([C@@]2(C)CC[C@@H](O)[C@@]23CO3)CC1. The van der Waals surface area contributed by atoms with Crippen molar-refractivity contribution in [3.63, 3.8) is 0 Å². The largest absolute Gasteiger partial charge is 0.390 e. The van der Waals surface area contributed by atoms with Crippen molar-refractivity contribution >= 4 is 0 Å². The molecule has 2 N–H and O–H groups in total. The van der Waals surface area contributed by atoms with Crippen molar-refractivity contribution in [2.24, 2.45) is 10.8 Å². The number of hydrogen-bond donors (Lipinski definition) is 2. The quantitative estimate of drug-likeness (QED) is 0.554. The van der Waals surface area contributed by atoms with Gasteiger partial charge >= 0.3 is 0 Å². The van der Waals surface area contributed by atoms with Crippen molar-refractivity contribution in [1.82, 2.24) is 0 Å². The molecule has 2 aliphatic carbocycles. The highest BCUT2D eigenvalue weighted by atomic mass is 16.6. The summed E-state index contributed by atoms with van der Waals surface area (Å²) in [5.41, 5.74) is 0.561. The molecule has 3 rings (SSSR count). The maximum atomic E-state index is 10.6. The highest BCUT2D eigenvalue weighted by Gasteiger charge is 2.73. The Bertz CT molecular complexity index is 399. The fourth-order valence-corrected chi connectivity index (χ4v) is 4.34. The lowest BCUT2D eigenvalue weighted by molar-refractivity contribution is -0.0921. The Morgan fingerprint density at radius 3 is 2.50 bits per heavy atom. The summed E-state index contributed by atoms with van der Waals surface area (Å²) in [6, 6.07) is 0. The maximum absolute atomic E-state index is 10.6. The molecule has 3 heteroatoms. The predicted molar refractivity (Wildman–Crippen MR) is 69.1 cm³/mol. The number of aliphatic hydroxyl groups is 2. The van der Waals surface area contributed by atoms with Crippen molar-refractivity contribution in [2.45, 2.75) is 64.3 Å². The molecule has 0 radical (unpaired) electrons. The van der Waals surface area contributed by atoms with Crippen LogP contribution in [-0.2, 0) is 4.74 Å². The molecule has 0 bridgehead atoms. The minimum absolute atomic E-state index is 0.129. The first-order chi connectivity index (χ1) is 8.36. The van der Waals surface area contributed by atoms with Crippen molar-refractivity contribution in [1.29, 1.82) is 0 Å². The Morgan fingerprint density at radius 2 is 1.94 bits per heavy atom. The van der Waals surface area contributed by atoms with E-state index in [1.807, 2.05) is 6.08 Å². The Hall–Kier alpha value is -0.380. The Labute approximate surface area is 109 Å². The average molecular weight is 252 g/mol. The number of epoxide rings is 1. The summed E-state index contributed by atoms with van der Waals surface area (Å²) in [5, 5.41) is 20.8. The van der Waals surface area contributed by atoms with Gasteiger partial charge in [-0.1, -0.05) is 25.5 Å². The summed E-state index contributed by atoms with van der Waals surface area (Å²) in [7, 11) is 0. The first-order valence-electron chi connectivity index (χ1n) is 7.03. The smallest absolute Gasteiger partial charge is 0.123 e. The molecule has 18 heavy (non-hydrogen) atoms. The second-order valence-electron chi connectivity index (χ2n) is 6.94. The molecule has 3 nitrogen and oxygen atoms in total. The van der Waals surface area contributed by atoms with Crippen LogP contribution in [0.5, 0.6) is 0 Å². The summed E-state index contributed by atoms with van der Waals surface area (Å²) in [4.78, 5) is 0. The number of rotatable bonds is 1. The number of allylic oxidation sites excluding steroid dienone is 1. The molecule has 3 aliphatic rings. The van der Waals surface area contributed by atoms with Gasteiger partial charge in [0, 0.05) is 10.8 Å². The highest BCUT2D eigenvalue weighted by Crippen LogP contribution is 2.66. The minimum Gasteiger partial charge on any atom is -0.390 e. The molecule has 5 atom stereocenters. The first-order valence-corrected chi connectivity index (χ1v) is 7.03. The molecule has 1 spiro atoms. The molecule has 1 saturated carbocycles. The van der Waals surface area contributed by atoms with E-state index in [4.69, 9.17) is 4.74 Å². The standard InChI is InChI=1S/C15H24O3/c1-10-4-6-13(2,12(17)8-10)14(3)7-5-11(16)15(14)9-18-15/h8,11-12,16-17H,4-7,9H2,1-3H3/t11-,12+,13+,14-,15+/m1/s1. The lowest BCUT2D eigenvalue weighted by Gasteiger charge is -2.51. The van der Waals surface area contributed by atoms with E-state index in [-0.39, 0.29) is 22.5 Å². The van der Waals surface area contributed by atoms with Crippen LogP contribution < -0.4 is 0 Å². The van der Waals surface area contributed by atoms with Gasteiger partial charge in [0.05, 0.1) is 18.8 Å². The fourth-order valence-electron chi connectivity index (χ4n) is 4.34. The van der Waals surface area contributed by atoms with Crippen LogP contribution in [0.3, 0.4) is 0 Å². The summed E-state index contributed by atoms with van der Waals surface area (Å²) in [5.74, 6) is 0. The van der Waals surface area contributed by atoms with Gasteiger partial charge in [-0.3, -0.25) is 0 Å². The van der Waals surface area contributed by atoms with Gasteiger partial charge in [-0.15, -0.1) is 0 Å². The molecule has 0 amide bonds. The zero-order valence-electron chi connectivity index (χ0n) is 11.6. The molecular weight excluding hydrogens is 228 g/mol. The number of aliphatic hydroxyl groups excluding tert-OH is 2. The van der Waals surface area contributed by atoms with E-state index in [9.17, 15) is 10.2 Å². The van der Waals surface area contributed by atoms with Gasteiger partial charge < -0.3 is 14.9 Å². The van der Waals surface area contributed by atoms with E-state index < -0.39 is 6.10 Å². The molecule has 0 aromatic carbocycles. The monoisotopic (exact) mass is 252 g/mol. The number of ether oxygens (including phenoxy) is 1. The zero-order valence-corrected chi connectivity index (χ0v) is 11.6. The molecule has 0 aromatic rings. The van der Waals surface area contributed by atoms with Crippen molar-refractivity contribution in [2.75, 3.05) is 6.61 Å². The maximum Gasteiger partial charge on any atom is 0.123 e. The van der Waals surface area contributed by atoms with Crippen LogP contribution in [-0.4, -0.2) is 34.6 Å². The Balaban J connectivity index is 1.99. The Morgan fingerprint density at radius 1 is 1.28 bits per heavy atom. The fraction of sp³-hybridized carbons (Fsp3) is 0.867. The zero-order chi connectivity index (χ0) is 13.2. The summed E-state index contributed by atoms with van der Waals surface area (Å²) < 4.78 is 5.70. The molecule has 1 saturated heterocycles. The van der Waals surface area contributed by atoms with Gasteiger partial charge in [-0.2, -0.15) is 0 Å². The van der Waals surface area contributed by atoms with Gasteiger partial charge in [-0.25, -0.2) is 0 Å². The van der Waals surface area contributed by atoms with Gasteiger partial charge in [0.15, 0.2) is 0 Å². The lowest BCUT2D eigenvalue weighted by Crippen LogP contribution is -2.54. The van der Waals surface area contributed by atoms with E-state index in [1.165, 1.54) is 5.57 Å².